The molecule has 2 saturated heterocycles. The number of benzene rings is 1. The number of piperidine rings is 1. The fourth-order valence-corrected chi connectivity index (χ4v) is 4.16. The molecule has 0 bridgehead atoms. The number of aryl methyl sites for hydroxylation is 3. The summed E-state index contributed by atoms with van der Waals surface area (Å²) in [6.07, 6.45) is 3.44. The molecule has 3 amide bonds. The highest BCUT2D eigenvalue weighted by Gasteiger charge is 2.29. The van der Waals surface area contributed by atoms with Crippen LogP contribution in [0.1, 0.15) is 36.0 Å². The Bertz CT molecular complexity index is 675. The van der Waals surface area contributed by atoms with Gasteiger partial charge in [-0.2, -0.15) is 0 Å². The Morgan fingerprint density at radius 3 is 2.22 bits per heavy atom. The van der Waals surface area contributed by atoms with Gasteiger partial charge in [-0.15, -0.1) is 0 Å². The van der Waals surface area contributed by atoms with Crippen molar-refractivity contribution in [3.05, 3.63) is 34.9 Å². The average Bonchev–Trinajstić information content (AvgIpc) is 2.69. The maximum atomic E-state index is 12.6. The molecule has 0 aliphatic carbocycles. The van der Waals surface area contributed by atoms with E-state index in [1.807, 2.05) is 4.90 Å². The minimum absolute atomic E-state index is 0.269. The van der Waals surface area contributed by atoms with Gasteiger partial charge in [0.2, 0.25) is 5.91 Å². The maximum Gasteiger partial charge on any atom is 0.314 e. The van der Waals surface area contributed by atoms with Gasteiger partial charge in [-0.1, -0.05) is 18.2 Å². The van der Waals surface area contributed by atoms with E-state index in [1.165, 1.54) is 16.7 Å². The molecule has 1 aromatic rings. The molecule has 2 aliphatic heterocycles. The summed E-state index contributed by atoms with van der Waals surface area (Å²) in [6, 6.07) is 6.66. The predicted molar refractivity (Wildman–Crippen MR) is 107 cm³/mol. The van der Waals surface area contributed by atoms with Crippen LogP contribution in [-0.4, -0.2) is 71.9 Å². The van der Waals surface area contributed by atoms with Crippen LogP contribution in [0.2, 0.25) is 0 Å². The number of hydrogen-bond acceptors (Lipinski definition) is 3. The minimum atomic E-state index is -0.321. The zero-order chi connectivity index (χ0) is 19.4. The molecular weight excluding hydrogens is 340 g/mol. The lowest BCUT2D eigenvalue weighted by atomic mass is 10.0. The lowest BCUT2D eigenvalue weighted by Gasteiger charge is -2.42. The van der Waals surface area contributed by atoms with Crippen LogP contribution in [0.5, 0.6) is 0 Å². The van der Waals surface area contributed by atoms with Crippen LogP contribution in [0.15, 0.2) is 18.2 Å². The molecule has 1 aromatic carbocycles. The van der Waals surface area contributed by atoms with Crippen molar-refractivity contribution in [2.75, 3.05) is 39.3 Å². The van der Waals surface area contributed by atoms with E-state index in [0.717, 1.165) is 45.4 Å². The number of likely N-dealkylation sites (tertiary alicyclic amines) is 1. The molecule has 2 aliphatic rings. The summed E-state index contributed by atoms with van der Waals surface area (Å²) in [5.41, 5.74) is 9.18. The molecule has 6 nitrogen and oxygen atoms in total. The standard InChI is InChI=1S/C21H32N4O2/c1-16-3-4-18(15-17(16)2)5-6-20(26)24-9-7-19(8-10-24)23-11-13-25(14-12-23)21(22)27/h3-4,15,19H,5-14H2,1-2H3,(H2,22,27). The van der Waals surface area contributed by atoms with Gasteiger partial charge < -0.3 is 15.5 Å². The highest BCUT2D eigenvalue weighted by Crippen LogP contribution is 2.20. The summed E-state index contributed by atoms with van der Waals surface area (Å²) in [5, 5.41) is 0. The number of amides is 3. The Labute approximate surface area is 162 Å². The van der Waals surface area contributed by atoms with E-state index in [4.69, 9.17) is 5.73 Å². The van der Waals surface area contributed by atoms with Crippen LogP contribution in [0.25, 0.3) is 0 Å². The second-order valence-electron chi connectivity index (χ2n) is 7.89. The third kappa shape index (κ3) is 5.01. The van der Waals surface area contributed by atoms with Crippen LogP contribution in [-0.2, 0) is 11.2 Å². The van der Waals surface area contributed by atoms with Crippen molar-refractivity contribution in [3.8, 4) is 0 Å². The molecule has 148 valence electrons. The van der Waals surface area contributed by atoms with E-state index < -0.39 is 0 Å². The zero-order valence-corrected chi connectivity index (χ0v) is 16.6. The molecule has 0 atom stereocenters. The highest BCUT2D eigenvalue weighted by atomic mass is 16.2. The molecule has 3 rings (SSSR count). The van der Waals surface area contributed by atoms with E-state index in [1.54, 1.807) is 4.90 Å². The van der Waals surface area contributed by atoms with Gasteiger partial charge in [0.25, 0.3) is 0 Å². The highest BCUT2D eigenvalue weighted by molar-refractivity contribution is 5.76. The summed E-state index contributed by atoms with van der Waals surface area (Å²) >= 11 is 0. The van der Waals surface area contributed by atoms with E-state index in [0.29, 0.717) is 25.6 Å². The third-order valence-electron chi connectivity index (χ3n) is 6.16. The summed E-state index contributed by atoms with van der Waals surface area (Å²) in [6.45, 7) is 9.10. The molecule has 27 heavy (non-hydrogen) atoms. The largest absolute Gasteiger partial charge is 0.351 e. The van der Waals surface area contributed by atoms with Gasteiger partial charge in [-0.3, -0.25) is 9.69 Å². The van der Waals surface area contributed by atoms with Gasteiger partial charge in [0.1, 0.15) is 0 Å². The van der Waals surface area contributed by atoms with E-state index in [-0.39, 0.29) is 11.9 Å². The SMILES string of the molecule is Cc1ccc(CCC(=O)N2CCC(N3CCN(C(N)=O)CC3)CC2)cc1C. The molecule has 0 spiro atoms. The molecule has 2 fully saturated rings. The summed E-state index contributed by atoms with van der Waals surface area (Å²) < 4.78 is 0. The number of piperazine rings is 1. The first-order chi connectivity index (χ1) is 12.9. The van der Waals surface area contributed by atoms with Crippen molar-refractivity contribution in [2.24, 2.45) is 5.73 Å². The molecule has 2 heterocycles. The van der Waals surface area contributed by atoms with E-state index >= 15 is 0 Å². The van der Waals surface area contributed by atoms with Gasteiger partial charge in [0.15, 0.2) is 0 Å². The maximum absolute atomic E-state index is 12.6. The number of nitrogens with two attached hydrogens (primary N) is 1. The Hall–Kier alpha value is -2.08. The number of carbonyl (C=O) groups is 2. The van der Waals surface area contributed by atoms with Crippen molar-refractivity contribution >= 4 is 11.9 Å². The topological polar surface area (TPSA) is 69.9 Å². The first kappa shape index (κ1) is 19.7. The summed E-state index contributed by atoms with van der Waals surface area (Å²) in [7, 11) is 0. The number of nitrogens with zero attached hydrogens (tertiary/aromatic N) is 3. The van der Waals surface area contributed by atoms with Crippen LogP contribution >= 0.6 is 0 Å². The molecule has 2 N–H and O–H groups in total. The quantitative estimate of drug-likeness (QED) is 0.878. The summed E-state index contributed by atoms with van der Waals surface area (Å²) in [5.74, 6) is 0.269. The zero-order valence-electron chi connectivity index (χ0n) is 16.6. The van der Waals surface area contributed by atoms with Gasteiger partial charge in [-0.25, -0.2) is 4.79 Å². The van der Waals surface area contributed by atoms with Crippen LogP contribution in [0.3, 0.4) is 0 Å². The molecule has 0 unspecified atom stereocenters. The Morgan fingerprint density at radius 2 is 1.63 bits per heavy atom. The van der Waals surface area contributed by atoms with Crippen LogP contribution < -0.4 is 5.73 Å². The predicted octanol–water partition coefficient (Wildman–Crippen LogP) is 1.92. The lowest BCUT2D eigenvalue weighted by molar-refractivity contribution is -0.132. The summed E-state index contributed by atoms with van der Waals surface area (Å²) in [4.78, 5) is 30.0. The first-order valence-electron chi connectivity index (χ1n) is 10.1. The fraction of sp³-hybridized carbons (Fsp3) is 0.619. The molecular formula is C21H32N4O2. The molecule has 6 heteroatoms. The Morgan fingerprint density at radius 1 is 0.963 bits per heavy atom. The molecule has 0 aromatic heterocycles. The first-order valence-corrected chi connectivity index (χ1v) is 10.1. The van der Waals surface area contributed by atoms with Crippen molar-refractivity contribution in [2.45, 2.75) is 45.6 Å². The van der Waals surface area contributed by atoms with Gasteiger partial charge in [0, 0.05) is 51.7 Å². The number of carbonyl (C=O) groups excluding carboxylic acids is 2. The van der Waals surface area contributed by atoms with Crippen LogP contribution in [0, 0.1) is 13.8 Å². The fourth-order valence-electron chi connectivity index (χ4n) is 4.16. The van der Waals surface area contributed by atoms with Crippen molar-refractivity contribution in [3.63, 3.8) is 0 Å². The third-order valence-corrected chi connectivity index (χ3v) is 6.16. The average molecular weight is 373 g/mol. The minimum Gasteiger partial charge on any atom is -0.351 e. The van der Waals surface area contributed by atoms with E-state index in [9.17, 15) is 9.59 Å². The van der Waals surface area contributed by atoms with Gasteiger partial charge in [-0.05, 0) is 49.8 Å². The monoisotopic (exact) mass is 372 g/mol. The van der Waals surface area contributed by atoms with Gasteiger partial charge >= 0.3 is 6.03 Å². The number of primary amides is 1. The van der Waals surface area contributed by atoms with E-state index in [2.05, 4.69) is 36.9 Å². The number of rotatable bonds is 4. The number of urea groups is 1. The van der Waals surface area contributed by atoms with Crippen LogP contribution in [0.4, 0.5) is 4.79 Å². The van der Waals surface area contributed by atoms with Gasteiger partial charge in [0.05, 0.1) is 0 Å². The van der Waals surface area contributed by atoms with Crippen molar-refractivity contribution in [1.29, 1.82) is 0 Å². The molecule has 0 radical (unpaired) electrons. The Balaban J connectivity index is 1.41. The molecule has 0 saturated carbocycles. The lowest BCUT2D eigenvalue weighted by Crippen LogP contribution is -2.55. The van der Waals surface area contributed by atoms with Crippen molar-refractivity contribution in [1.82, 2.24) is 14.7 Å². The Kier molecular flexibility index (Phi) is 6.37. The number of hydrogen-bond donors (Lipinski definition) is 1. The van der Waals surface area contributed by atoms with Crippen molar-refractivity contribution < 1.29 is 9.59 Å². The normalized spacial score (nSPS) is 19.3. The second kappa shape index (κ2) is 8.74. The second-order valence-corrected chi connectivity index (χ2v) is 7.89. The smallest absolute Gasteiger partial charge is 0.314 e.